The molecule has 0 spiro atoms. The summed E-state index contributed by atoms with van der Waals surface area (Å²) in [6.45, 7) is 2.22. The Morgan fingerprint density at radius 2 is 2.03 bits per heavy atom. The molecule has 6 nitrogen and oxygen atoms in total. The van der Waals surface area contributed by atoms with E-state index in [1.165, 1.54) is 0 Å². The van der Waals surface area contributed by atoms with E-state index in [-0.39, 0.29) is 5.91 Å². The van der Waals surface area contributed by atoms with Gasteiger partial charge in [-0.25, -0.2) is 0 Å². The van der Waals surface area contributed by atoms with Gasteiger partial charge in [0.25, 0.3) is 0 Å². The lowest BCUT2D eigenvalue weighted by Crippen LogP contribution is -2.43. The summed E-state index contributed by atoms with van der Waals surface area (Å²) in [7, 11) is 1.64. The highest BCUT2D eigenvalue weighted by atomic mass is 16.6. The number of hydrogen-bond acceptors (Lipinski definition) is 5. The summed E-state index contributed by atoms with van der Waals surface area (Å²) < 4.78 is 16.4. The Hall–Kier alpha value is -2.99. The molecular weight excluding hydrogens is 382 g/mol. The van der Waals surface area contributed by atoms with Crippen molar-refractivity contribution >= 4 is 12.0 Å². The van der Waals surface area contributed by atoms with Crippen molar-refractivity contribution in [3.05, 3.63) is 59.7 Å². The van der Waals surface area contributed by atoms with Gasteiger partial charge >= 0.3 is 0 Å². The summed E-state index contributed by atoms with van der Waals surface area (Å²) in [6.07, 6.45) is 4.64. The van der Waals surface area contributed by atoms with Crippen LogP contribution in [0.25, 0.3) is 6.08 Å². The zero-order chi connectivity index (χ0) is 20.9. The Labute approximate surface area is 176 Å². The van der Waals surface area contributed by atoms with E-state index in [4.69, 9.17) is 14.2 Å². The van der Waals surface area contributed by atoms with E-state index >= 15 is 0 Å². The monoisotopic (exact) mass is 409 g/mol. The van der Waals surface area contributed by atoms with Crippen LogP contribution in [0, 0.1) is 5.92 Å². The molecule has 0 aliphatic carbocycles. The van der Waals surface area contributed by atoms with Gasteiger partial charge < -0.3 is 24.2 Å². The van der Waals surface area contributed by atoms with Gasteiger partial charge in [-0.05, 0) is 48.2 Å². The lowest BCUT2D eigenvalue weighted by molar-refractivity contribution is -0.142. The molecule has 0 aromatic heterocycles. The largest absolute Gasteiger partial charge is 0.497 e. The van der Waals surface area contributed by atoms with E-state index in [9.17, 15) is 9.90 Å². The van der Waals surface area contributed by atoms with Crippen molar-refractivity contribution < 1.29 is 24.1 Å². The molecule has 6 heteroatoms. The van der Waals surface area contributed by atoms with E-state index in [0.717, 1.165) is 17.7 Å². The first-order valence-corrected chi connectivity index (χ1v) is 10.3. The smallest absolute Gasteiger partial charge is 0.228 e. The summed E-state index contributed by atoms with van der Waals surface area (Å²) in [5.74, 6) is 1.63. The minimum Gasteiger partial charge on any atom is -0.497 e. The van der Waals surface area contributed by atoms with Crippen molar-refractivity contribution in [1.29, 1.82) is 0 Å². The van der Waals surface area contributed by atoms with Crippen LogP contribution < -0.4 is 14.2 Å². The minimum absolute atomic E-state index is 0.0149. The normalized spacial score (nSPS) is 19.7. The van der Waals surface area contributed by atoms with Crippen molar-refractivity contribution in [2.75, 3.05) is 33.4 Å². The predicted octanol–water partition coefficient (Wildman–Crippen LogP) is 3.45. The molecule has 1 saturated heterocycles. The summed E-state index contributed by atoms with van der Waals surface area (Å²) in [5.41, 5.74) is 1.71. The fourth-order valence-electron chi connectivity index (χ4n) is 3.98. The number of amides is 1. The molecular formula is C24H27NO5. The van der Waals surface area contributed by atoms with Crippen LogP contribution in [0.4, 0.5) is 0 Å². The zero-order valence-corrected chi connectivity index (χ0v) is 17.1. The molecule has 2 aromatic carbocycles. The number of methoxy groups -OCH3 is 1. The van der Waals surface area contributed by atoms with E-state index in [0.29, 0.717) is 49.8 Å². The van der Waals surface area contributed by atoms with Crippen LogP contribution in [0.2, 0.25) is 0 Å². The molecule has 2 unspecified atom stereocenters. The van der Waals surface area contributed by atoms with E-state index < -0.39 is 12.0 Å². The Morgan fingerprint density at radius 1 is 1.20 bits per heavy atom. The molecule has 0 bridgehead atoms. The second-order valence-corrected chi connectivity index (χ2v) is 7.56. The van der Waals surface area contributed by atoms with Crippen LogP contribution in [0.15, 0.2) is 48.5 Å². The summed E-state index contributed by atoms with van der Waals surface area (Å²) in [5, 5.41) is 10.9. The molecule has 4 rings (SSSR count). The molecule has 2 aromatic rings. The van der Waals surface area contributed by atoms with Crippen LogP contribution in [-0.2, 0) is 4.79 Å². The number of carbonyl (C=O) groups is 1. The number of aliphatic hydroxyl groups is 1. The molecule has 1 amide bonds. The molecule has 1 fully saturated rings. The molecule has 2 aliphatic heterocycles. The van der Waals surface area contributed by atoms with Crippen LogP contribution in [0.5, 0.6) is 17.2 Å². The van der Waals surface area contributed by atoms with Crippen LogP contribution in [0.3, 0.4) is 0 Å². The van der Waals surface area contributed by atoms with Gasteiger partial charge in [-0.15, -0.1) is 0 Å². The van der Waals surface area contributed by atoms with Gasteiger partial charge in [0.05, 0.1) is 19.1 Å². The minimum atomic E-state index is -0.863. The number of rotatable bonds is 6. The first-order valence-electron chi connectivity index (χ1n) is 10.3. The van der Waals surface area contributed by atoms with E-state index in [2.05, 4.69) is 0 Å². The Bertz CT molecular complexity index is 926. The van der Waals surface area contributed by atoms with Gasteiger partial charge in [-0.1, -0.05) is 30.4 Å². The number of hydrogen-bond donors (Lipinski definition) is 1. The quantitative estimate of drug-likeness (QED) is 0.792. The number of carbonyl (C=O) groups excluding carboxylic acids is 1. The fourth-order valence-corrected chi connectivity index (χ4v) is 3.98. The highest BCUT2D eigenvalue weighted by Crippen LogP contribution is 2.36. The number of aliphatic hydroxyl groups excluding tert-OH is 1. The average molecular weight is 409 g/mol. The van der Waals surface area contributed by atoms with Crippen LogP contribution >= 0.6 is 0 Å². The zero-order valence-electron chi connectivity index (χ0n) is 17.1. The Kier molecular flexibility index (Phi) is 6.23. The lowest BCUT2D eigenvalue weighted by atomic mass is 9.87. The first kappa shape index (κ1) is 20.3. The van der Waals surface area contributed by atoms with E-state index in [1.807, 2.05) is 47.4 Å². The van der Waals surface area contributed by atoms with Gasteiger partial charge in [0.2, 0.25) is 5.91 Å². The Balaban J connectivity index is 1.41. The highest BCUT2D eigenvalue weighted by Gasteiger charge is 2.34. The maximum Gasteiger partial charge on any atom is 0.228 e. The number of benzene rings is 2. The molecule has 0 saturated carbocycles. The molecule has 2 aliphatic rings. The van der Waals surface area contributed by atoms with Crippen molar-refractivity contribution in [3.63, 3.8) is 0 Å². The van der Waals surface area contributed by atoms with Crippen molar-refractivity contribution in [3.8, 4) is 17.2 Å². The third-order valence-corrected chi connectivity index (χ3v) is 5.59. The van der Waals surface area contributed by atoms with Gasteiger partial charge in [0, 0.05) is 13.1 Å². The number of piperidine rings is 1. The van der Waals surface area contributed by atoms with Gasteiger partial charge in [-0.2, -0.15) is 0 Å². The molecule has 0 radical (unpaired) electrons. The number of likely N-dealkylation sites (tertiary alicyclic amines) is 1. The lowest BCUT2D eigenvalue weighted by Gasteiger charge is -2.34. The van der Waals surface area contributed by atoms with Crippen molar-refractivity contribution in [2.24, 2.45) is 5.92 Å². The third-order valence-electron chi connectivity index (χ3n) is 5.59. The van der Waals surface area contributed by atoms with Gasteiger partial charge in [0.1, 0.15) is 19.0 Å². The van der Waals surface area contributed by atoms with E-state index in [1.54, 1.807) is 19.2 Å². The topological polar surface area (TPSA) is 68.2 Å². The maximum absolute atomic E-state index is 13.0. The van der Waals surface area contributed by atoms with Crippen molar-refractivity contribution in [2.45, 2.75) is 18.9 Å². The van der Waals surface area contributed by atoms with Gasteiger partial charge in [0.15, 0.2) is 11.5 Å². The molecule has 30 heavy (non-hydrogen) atoms. The summed E-state index contributed by atoms with van der Waals surface area (Å²) in [4.78, 5) is 14.8. The van der Waals surface area contributed by atoms with Crippen LogP contribution in [-0.4, -0.2) is 49.3 Å². The second-order valence-electron chi connectivity index (χ2n) is 7.56. The van der Waals surface area contributed by atoms with Gasteiger partial charge in [-0.3, -0.25) is 4.79 Å². The van der Waals surface area contributed by atoms with Crippen molar-refractivity contribution in [1.82, 2.24) is 4.90 Å². The summed E-state index contributed by atoms with van der Waals surface area (Å²) >= 11 is 0. The SMILES string of the molecule is COc1cccc(/C=C/CN2CCCC(C(O)c3ccc4c(c3)OCCO4)C2=O)c1. The molecule has 2 atom stereocenters. The standard InChI is InChI=1S/C24H27NO5/c1-28-19-7-2-5-17(15-19)6-3-11-25-12-4-8-20(24(25)27)23(26)18-9-10-21-22(16-18)30-14-13-29-21/h2-3,5-7,9-10,15-16,20,23,26H,4,8,11-14H2,1H3/b6-3+. The second kappa shape index (κ2) is 9.22. The Morgan fingerprint density at radius 3 is 2.87 bits per heavy atom. The fraction of sp³-hybridized carbons (Fsp3) is 0.375. The number of fused-ring (bicyclic) bond motifs is 1. The highest BCUT2D eigenvalue weighted by molar-refractivity contribution is 5.80. The third kappa shape index (κ3) is 4.44. The summed E-state index contributed by atoms with van der Waals surface area (Å²) in [6, 6.07) is 13.2. The molecule has 1 N–H and O–H groups in total. The van der Waals surface area contributed by atoms with Crippen LogP contribution in [0.1, 0.15) is 30.1 Å². The molecule has 158 valence electrons. The predicted molar refractivity (Wildman–Crippen MR) is 114 cm³/mol. The number of ether oxygens (including phenoxy) is 3. The molecule has 2 heterocycles. The number of nitrogens with zero attached hydrogens (tertiary/aromatic N) is 1. The average Bonchev–Trinajstić information content (AvgIpc) is 2.79. The first-order chi connectivity index (χ1) is 14.7. The maximum atomic E-state index is 13.0.